The number of aryl methyl sites for hydroxylation is 2. The molecule has 0 spiro atoms. The van der Waals surface area contributed by atoms with E-state index < -0.39 is 6.04 Å². The molecule has 2 amide bonds. The fourth-order valence-electron chi connectivity index (χ4n) is 4.30. The van der Waals surface area contributed by atoms with E-state index in [2.05, 4.69) is 37.4 Å². The summed E-state index contributed by atoms with van der Waals surface area (Å²) in [5, 5.41) is 4.03. The molecule has 1 atom stereocenters. The quantitative estimate of drug-likeness (QED) is 0.432. The zero-order valence-electron chi connectivity index (χ0n) is 19.5. The van der Waals surface area contributed by atoms with Crippen LogP contribution in [0.1, 0.15) is 54.9 Å². The third kappa shape index (κ3) is 7.66. The van der Waals surface area contributed by atoms with Gasteiger partial charge in [0.2, 0.25) is 11.8 Å². The highest BCUT2D eigenvalue weighted by atomic mass is 35.5. The number of halogens is 2. The summed E-state index contributed by atoms with van der Waals surface area (Å²) < 4.78 is 0. The van der Waals surface area contributed by atoms with Gasteiger partial charge in [-0.2, -0.15) is 0 Å². The molecule has 4 nitrogen and oxygen atoms in total. The minimum atomic E-state index is -0.575. The van der Waals surface area contributed by atoms with Crippen molar-refractivity contribution in [2.45, 2.75) is 70.8 Å². The normalized spacial score (nSPS) is 14.8. The highest BCUT2D eigenvalue weighted by molar-refractivity contribution is 7.99. The molecule has 0 radical (unpaired) electrons. The standard InChI is InChI=1S/C26H32Cl2N2O2S/c1-17-10-18(2)12-21(11-17)15-33-16-25(31)30(14-20-8-9-23(27)24(28)13-20)19(3)26(32)29-22-6-4-5-7-22/h8-13,19,22H,4-7,14-16H2,1-3H3,(H,29,32)/t19-/m1/s1. The van der Waals surface area contributed by atoms with E-state index >= 15 is 0 Å². The molecule has 0 bridgehead atoms. The number of nitrogens with one attached hydrogen (secondary N) is 1. The number of thioether (sulfide) groups is 1. The first-order valence-corrected chi connectivity index (χ1v) is 13.3. The summed E-state index contributed by atoms with van der Waals surface area (Å²) >= 11 is 13.8. The van der Waals surface area contributed by atoms with Gasteiger partial charge in [-0.15, -0.1) is 11.8 Å². The molecule has 1 aliphatic rings. The van der Waals surface area contributed by atoms with E-state index in [4.69, 9.17) is 23.2 Å². The fraction of sp³-hybridized carbons (Fsp3) is 0.462. The van der Waals surface area contributed by atoms with Crippen LogP contribution in [0.3, 0.4) is 0 Å². The molecule has 1 fully saturated rings. The third-order valence-corrected chi connectivity index (χ3v) is 7.71. The van der Waals surface area contributed by atoms with Crippen LogP contribution in [-0.2, 0) is 21.9 Å². The van der Waals surface area contributed by atoms with E-state index in [0.29, 0.717) is 22.3 Å². The van der Waals surface area contributed by atoms with Crippen LogP contribution >= 0.6 is 35.0 Å². The second kappa shape index (κ2) is 12.1. The molecule has 178 valence electrons. The summed E-state index contributed by atoms with van der Waals surface area (Å²) in [7, 11) is 0. The third-order valence-electron chi connectivity index (χ3n) is 5.98. The number of carbonyl (C=O) groups is 2. The van der Waals surface area contributed by atoms with Crippen molar-refractivity contribution in [1.29, 1.82) is 0 Å². The molecule has 1 N–H and O–H groups in total. The number of rotatable bonds is 9. The lowest BCUT2D eigenvalue weighted by atomic mass is 10.1. The van der Waals surface area contributed by atoms with Crippen molar-refractivity contribution < 1.29 is 9.59 Å². The molecule has 0 saturated heterocycles. The van der Waals surface area contributed by atoms with Gasteiger partial charge in [0.1, 0.15) is 6.04 Å². The minimum absolute atomic E-state index is 0.0653. The summed E-state index contributed by atoms with van der Waals surface area (Å²) in [6, 6.07) is 11.4. The first-order valence-electron chi connectivity index (χ1n) is 11.4. The average molecular weight is 508 g/mol. The van der Waals surface area contributed by atoms with Crippen LogP contribution in [0.4, 0.5) is 0 Å². The van der Waals surface area contributed by atoms with Crippen molar-refractivity contribution >= 4 is 46.8 Å². The van der Waals surface area contributed by atoms with Crippen LogP contribution < -0.4 is 5.32 Å². The summed E-state index contributed by atoms with van der Waals surface area (Å²) in [5.74, 6) is 0.881. The lowest BCUT2D eigenvalue weighted by molar-refractivity contribution is -0.138. The largest absolute Gasteiger partial charge is 0.352 e. The molecule has 7 heteroatoms. The van der Waals surface area contributed by atoms with Crippen LogP contribution in [0.15, 0.2) is 36.4 Å². The Labute approximate surface area is 211 Å². The topological polar surface area (TPSA) is 49.4 Å². The zero-order valence-corrected chi connectivity index (χ0v) is 21.8. The van der Waals surface area contributed by atoms with Crippen molar-refractivity contribution in [2.24, 2.45) is 0 Å². The Balaban J connectivity index is 1.69. The predicted molar refractivity (Wildman–Crippen MR) is 139 cm³/mol. The van der Waals surface area contributed by atoms with E-state index in [-0.39, 0.29) is 17.9 Å². The molecule has 1 aliphatic carbocycles. The summed E-state index contributed by atoms with van der Waals surface area (Å²) in [6.07, 6.45) is 4.29. The molecule has 3 rings (SSSR count). The number of amides is 2. The highest BCUT2D eigenvalue weighted by Gasteiger charge is 2.28. The second-order valence-corrected chi connectivity index (χ2v) is 10.7. The van der Waals surface area contributed by atoms with Crippen LogP contribution in [0.5, 0.6) is 0 Å². The van der Waals surface area contributed by atoms with Gasteiger partial charge in [0.25, 0.3) is 0 Å². The lowest BCUT2D eigenvalue weighted by Gasteiger charge is -2.30. The molecule has 0 aliphatic heterocycles. The van der Waals surface area contributed by atoms with Crippen molar-refractivity contribution in [3.8, 4) is 0 Å². The molecule has 1 saturated carbocycles. The van der Waals surface area contributed by atoms with Gasteiger partial charge in [0.05, 0.1) is 15.8 Å². The minimum Gasteiger partial charge on any atom is -0.352 e. The van der Waals surface area contributed by atoms with Crippen molar-refractivity contribution in [2.75, 3.05) is 5.75 Å². The Kier molecular flexibility index (Phi) is 9.54. The van der Waals surface area contributed by atoms with Gasteiger partial charge in [-0.1, -0.05) is 71.4 Å². The van der Waals surface area contributed by atoms with E-state index in [9.17, 15) is 9.59 Å². The fourth-order valence-corrected chi connectivity index (χ4v) is 5.47. The van der Waals surface area contributed by atoms with Crippen LogP contribution in [-0.4, -0.2) is 34.6 Å². The molecular weight excluding hydrogens is 475 g/mol. The average Bonchev–Trinajstić information content (AvgIpc) is 3.26. The summed E-state index contributed by atoms with van der Waals surface area (Å²) in [5.41, 5.74) is 4.48. The van der Waals surface area contributed by atoms with Gasteiger partial charge in [-0.25, -0.2) is 0 Å². The molecule has 0 aromatic heterocycles. The van der Waals surface area contributed by atoms with Crippen LogP contribution in [0.25, 0.3) is 0 Å². The monoisotopic (exact) mass is 506 g/mol. The van der Waals surface area contributed by atoms with E-state index in [1.165, 1.54) is 16.7 Å². The number of nitrogens with zero attached hydrogens (tertiary/aromatic N) is 1. The zero-order chi connectivity index (χ0) is 24.0. The van der Waals surface area contributed by atoms with Gasteiger partial charge >= 0.3 is 0 Å². The molecule has 0 unspecified atom stereocenters. The maximum absolute atomic E-state index is 13.3. The predicted octanol–water partition coefficient (Wildman–Crippen LogP) is 6.32. The van der Waals surface area contributed by atoms with E-state index in [0.717, 1.165) is 37.0 Å². The number of hydrogen-bond donors (Lipinski definition) is 1. The Morgan fingerprint density at radius 3 is 2.33 bits per heavy atom. The Bertz CT molecular complexity index is 972. The molecular formula is C26H32Cl2N2O2S. The van der Waals surface area contributed by atoms with Gasteiger partial charge in [0.15, 0.2) is 0 Å². The van der Waals surface area contributed by atoms with Crippen LogP contribution in [0, 0.1) is 13.8 Å². The molecule has 2 aromatic carbocycles. The highest BCUT2D eigenvalue weighted by Crippen LogP contribution is 2.25. The number of hydrogen-bond acceptors (Lipinski definition) is 3. The molecule has 0 heterocycles. The van der Waals surface area contributed by atoms with Gasteiger partial charge < -0.3 is 10.2 Å². The maximum atomic E-state index is 13.3. The van der Waals surface area contributed by atoms with Crippen molar-refractivity contribution in [1.82, 2.24) is 10.2 Å². The number of carbonyl (C=O) groups excluding carboxylic acids is 2. The van der Waals surface area contributed by atoms with Gasteiger partial charge in [0, 0.05) is 18.3 Å². The second-order valence-electron chi connectivity index (χ2n) is 8.92. The van der Waals surface area contributed by atoms with E-state index in [1.54, 1.807) is 35.7 Å². The first kappa shape index (κ1) is 25.9. The lowest BCUT2D eigenvalue weighted by Crippen LogP contribution is -2.50. The Morgan fingerprint density at radius 2 is 1.70 bits per heavy atom. The van der Waals surface area contributed by atoms with E-state index in [1.807, 2.05) is 6.07 Å². The molecule has 2 aromatic rings. The SMILES string of the molecule is Cc1cc(C)cc(CSCC(=O)N(Cc2ccc(Cl)c(Cl)c2)[C@H](C)C(=O)NC2CCCC2)c1. The van der Waals surface area contributed by atoms with Gasteiger partial charge in [-0.3, -0.25) is 9.59 Å². The maximum Gasteiger partial charge on any atom is 0.242 e. The van der Waals surface area contributed by atoms with Crippen molar-refractivity contribution in [3.63, 3.8) is 0 Å². The summed E-state index contributed by atoms with van der Waals surface area (Å²) in [4.78, 5) is 27.9. The number of benzene rings is 2. The van der Waals surface area contributed by atoms with Crippen molar-refractivity contribution in [3.05, 3.63) is 68.7 Å². The van der Waals surface area contributed by atoms with Crippen LogP contribution in [0.2, 0.25) is 10.0 Å². The van der Waals surface area contributed by atoms with Gasteiger partial charge in [-0.05, 0) is 56.9 Å². The smallest absolute Gasteiger partial charge is 0.242 e. The Hall–Kier alpha value is -1.69. The molecule has 33 heavy (non-hydrogen) atoms. The Morgan fingerprint density at radius 1 is 1.03 bits per heavy atom. The first-order chi connectivity index (χ1) is 15.7. The summed E-state index contributed by atoms with van der Waals surface area (Å²) in [6.45, 7) is 6.26.